The van der Waals surface area contributed by atoms with Crippen LogP contribution in [0.3, 0.4) is 0 Å². The van der Waals surface area contributed by atoms with Crippen LogP contribution in [0.15, 0.2) is 146 Å². The van der Waals surface area contributed by atoms with Gasteiger partial charge in [0.2, 0.25) is 11.8 Å². The lowest BCUT2D eigenvalue weighted by Crippen LogP contribution is -2.37. The number of aliphatic carboxylic acids is 1. The number of hydrogen-bond donors (Lipinski definition) is 4. The number of carboxylic acid groups (broad SMARTS) is 1. The molecule has 0 radical (unpaired) electrons. The van der Waals surface area contributed by atoms with Crippen molar-refractivity contribution in [2.75, 3.05) is 22.6 Å². The molecule has 5 rings (SSSR count). The maximum Gasteiger partial charge on any atom is 0.330 e. The predicted octanol–water partition coefficient (Wildman–Crippen LogP) is 8.77. The number of carbonyl (C=O) groups excluding carboxylic acids is 10. The fourth-order valence-electron chi connectivity index (χ4n) is 6.16. The number of aromatic hydroxyl groups is 1. The molecule has 0 aromatic heterocycles. The summed E-state index contributed by atoms with van der Waals surface area (Å²) in [7, 11) is 1.20. The standard InChI is InChI=1S/C28H23NO7.C15H15NO5.C15H17NO4/c1-18(30)12-13-21-14-16-22(17-15-21)29(27(33)23-8-4-6-10-25(23)35-19(2)31)28(34)24-9-5-7-11-26(24)36-20(3)32;1-10(17)3-4-11-5-6-12(13(18)9-11)16-14(19)7-8-15(20)21-2;1-11(17)5-6-12-7-9-13(10-8-12)16-14(18)3-2-4-15(19)20/h4-17H,1-3H3;3-9,18H,1-2H3,(H,16,19);5-10H,2-4H2,1H3,(H,16,18)(H,19,20)/b13-12+;4-3+,8-7+;6-5+. The monoisotopic (exact) mass is 1050 g/mol. The van der Waals surface area contributed by atoms with Gasteiger partial charge in [0.1, 0.15) is 17.2 Å². The van der Waals surface area contributed by atoms with Crippen molar-refractivity contribution in [1.82, 2.24) is 0 Å². The molecule has 0 fully saturated rings. The molecule has 0 aliphatic carbocycles. The third-order valence-corrected chi connectivity index (χ3v) is 9.67. The number of rotatable bonds is 19. The average Bonchev–Trinajstić information content (AvgIpc) is 3.37. The average molecular weight is 1050 g/mol. The van der Waals surface area contributed by atoms with Gasteiger partial charge in [-0.05, 0) is 123 Å². The number of ether oxygens (including phenoxy) is 3. The number of para-hydroxylation sites is 2. The van der Waals surface area contributed by atoms with Gasteiger partial charge in [0.05, 0.1) is 29.6 Å². The zero-order chi connectivity index (χ0) is 57.0. The van der Waals surface area contributed by atoms with E-state index in [1.165, 1.54) is 96.4 Å². The molecule has 0 spiro atoms. The molecule has 0 saturated carbocycles. The molecular formula is C58H55N3O16. The van der Waals surface area contributed by atoms with E-state index in [-0.39, 0.29) is 75.8 Å². The Bertz CT molecular complexity index is 3040. The van der Waals surface area contributed by atoms with Crippen LogP contribution in [-0.2, 0) is 47.9 Å². The summed E-state index contributed by atoms with van der Waals surface area (Å²) in [5.74, 6) is -5.58. The van der Waals surface area contributed by atoms with Gasteiger partial charge in [0, 0.05) is 44.5 Å². The van der Waals surface area contributed by atoms with E-state index >= 15 is 0 Å². The van der Waals surface area contributed by atoms with Crippen molar-refractivity contribution in [1.29, 1.82) is 0 Å². The van der Waals surface area contributed by atoms with Gasteiger partial charge in [-0.25, -0.2) is 9.69 Å². The van der Waals surface area contributed by atoms with Crippen LogP contribution in [0.1, 0.15) is 91.3 Å². The largest absolute Gasteiger partial charge is 0.506 e. The molecule has 5 aromatic carbocycles. The van der Waals surface area contributed by atoms with Crippen molar-refractivity contribution >= 4 is 100 Å². The first kappa shape index (κ1) is 61.1. The summed E-state index contributed by atoms with van der Waals surface area (Å²) < 4.78 is 14.7. The summed E-state index contributed by atoms with van der Waals surface area (Å²) in [5, 5.41) is 23.3. The summed E-state index contributed by atoms with van der Waals surface area (Å²) in [6.07, 6.45) is 11.5. The molecule has 0 atom stereocenters. The number of phenols is 1. The zero-order valence-electron chi connectivity index (χ0n) is 42.8. The smallest absolute Gasteiger partial charge is 0.330 e. The lowest BCUT2D eigenvalue weighted by Gasteiger charge is -2.23. The molecule has 19 nitrogen and oxygen atoms in total. The Kier molecular flexibility index (Phi) is 24.9. The second-order valence-electron chi connectivity index (χ2n) is 16.1. The van der Waals surface area contributed by atoms with E-state index in [4.69, 9.17) is 14.6 Å². The highest BCUT2D eigenvalue weighted by atomic mass is 16.5. The Morgan fingerprint density at radius 2 is 0.987 bits per heavy atom. The van der Waals surface area contributed by atoms with Crippen LogP contribution in [0.2, 0.25) is 0 Å². The first-order valence-corrected chi connectivity index (χ1v) is 23.2. The minimum absolute atomic E-state index is 0.0117. The Hall–Kier alpha value is -10.2. The lowest BCUT2D eigenvalue weighted by atomic mass is 10.1. The van der Waals surface area contributed by atoms with E-state index < -0.39 is 41.6 Å². The number of nitrogens with one attached hydrogen (secondary N) is 2. The Balaban J connectivity index is 0.000000326. The van der Waals surface area contributed by atoms with Crippen LogP contribution in [0.25, 0.3) is 18.2 Å². The Labute approximate surface area is 443 Å². The third-order valence-electron chi connectivity index (χ3n) is 9.67. The molecule has 0 unspecified atom stereocenters. The number of nitrogens with zero attached hydrogens (tertiary/aromatic N) is 1. The molecule has 19 heteroatoms. The van der Waals surface area contributed by atoms with E-state index in [9.17, 15) is 57.8 Å². The highest BCUT2D eigenvalue weighted by molar-refractivity contribution is 6.27. The molecule has 0 aliphatic heterocycles. The third kappa shape index (κ3) is 22.6. The number of esters is 3. The highest BCUT2D eigenvalue weighted by Crippen LogP contribution is 2.29. The normalized spacial score (nSPS) is 10.6. The van der Waals surface area contributed by atoms with Crippen molar-refractivity contribution in [3.8, 4) is 17.2 Å². The van der Waals surface area contributed by atoms with Crippen molar-refractivity contribution in [2.24, 2.45) is 0 Å². The minimum Gasteiger partial charge on any atom is -0.506 e. The Morgan fingerprint density at radius 1 is 0.532 bits per heavy atom. The summed E-state index contributed by atoms with van der Waals surface area (Å²) >= 11 is 0. The fraction of sp³-hybridized carbons (Fsp3) is 0.155. The molecule has 77 heavy (non-hydrogen) atoms. The number of anilines is 3. The van der Waals surface area contributed by atoms with Crippen LogP contribution in [0.5, 0.6) is 17.2 Å². The summed E-state index contributed by atoms with van der Waals surface area (Å²) in [5.41, 5.74) is 3.16. The SMILES string of the molecule is CC(=O)/C=C/c1ccc(N(C(=O)c2ccccc2OC(C)=O)C(=O)c2ccccc2OC(C)=O)cc1.CC(=O)/C=C/c1ccc(NC(=O)CCCC(=O)O)cc1.COC(=O)/C=C/C(=O)Nc1ccc(/C=C/C(C)=O)cc1O. The molecule has 0 aliphatic rings. The number of hydrogen-bond acceptors (Lipinski definition) is 15. The second-order valence-corrected chi connectivity index (χ2v) is 16.1. The van der Waals surface area contributed by atoms with Gasteiger partial charge in [0.15, 0.2) is 17.3 Å². The number of methoxy groups -OCH3 is 1. The molecule has 5 aromatic rings. The number of allylic oxidation sites excluding steroid dienone is 3. The van der Waals surface area contributed by atoms with Crippen molar-refractivity contribution in [3.63, 3.8) is 0 Å². The molecule has 0 bridgehead atoms. The van der Waals surface area contributed by atoms with Gasteiger partial charge >= 0.3 is 23.9 Å². The molecule has 4 amide bonds. The Morgan fingerprint density at radius 3 is 1.43 bits per heavy atom. The number of benzene rings is 5. The summed E-state index contributed by atoms with van der Waals surface area (Å²) in [4.78, 5) is 129. The van der Waals surface area contributed by atoms with Gasteiger partial charge in [-0.15, -0.1) is 0 Å². The predicted molar refractivity (Wildman–Crippen MR) is 287 cm³/mol. The van der Waals surface area contributed by atoms with Crippen molar-refractivity contribution in [3.05, 3.63) is 173 Å². The quantitative estimate of drug-likeness (QED) is 0.0198. The maximum absolute atomic E-state index is 13.7. The van der Waals surface area contributed by atoms with Gasteiger partial charge in [0.25, 0.3) is 11.8 Å². The van der Waals surface area contributed by atoms with Gasteiger partial charge in [-0.2, -0.15) is 0 Å². The number of phenolic OH excluding ortho intramolecular Hbond substituents is 1. The number of carboxylic acids is 1. The molecular weight excluding hydrogens is 995 g/mol. The lowest BCUT2D eigenvalue weighted by molar-refractivity contribution is -0.137. The van der Waals surface area contributed by atoms with E-state index in [1.54, 1.807) is 97.1 Å². The van der Waals surface area contributed by atoms with Gasteiger partial charge < -0.3 is 35.1 Å². The molecule has 398 valence electrons. The summed E-state index contributed by atoms with van der Waals surface area (Å²) in [6.45, 7) is 6.71. The number of carbonyl (C=O) groups is 11. The van der Waals surface area contributed by atoms with E-state index in [2.05, 4.69) is 15.4 Å². The highest BCUT2D eigenvalue weighted by Gasteiger charge is 2.30. The van der Waals surface area contributed by atoms with Crippen molar-refractivity contribution < 1.29 is 77.2 Å². The zero-order valence-corrected chi connectivity index (χ0v) is 42.8. The van der Waals surface area contributed by atoms with Crippen molar-refractivity contribution in [2.45, 2.75) is 53.9 Å². The van der Waals surface area contributed by atoms with E-state index in [0.29, 0.717) is 23.2 Å². The van der Waals surface area contributed by atoms with Gasteiger partial charge in [-0.3, -0.25) is 47.9 Å². The summed E-state index contributed by atoms with van der Waals surface area (Å²) in [6, 6.07) is 30.0. The molecule has 0 saturated heterocycles. The molecule has 0 heterocycles. The second kappa shape index (κ2) is 31.4. The number of amides is 4. The van der Waals surface area contributed by atoms with Crippen LogP contribution in [0, 0.1) is 0 Å². The van der Waals surface area contributed by atoms with Crippen LogP contribution in [-0.4, -0.2) is 82.2 Å². The molecule has 4 N–H and O–H groups in total. The fourth-order valence-corrected chi connectivity index (χ4v) is 6.16. The minimum atomic E-state index is -0.903. The van der Waals surface area contributed by atoms with Crippen LogP contribution >= 0.6 is 0 Å². The number of imide groups is 1. The first-order chi connectivity index (χ1) is 36.6. The maximum atomic E-state index is 13.7. The van der Waals surface area contributed by atoms with E-state index in [1.807, 2.05) is 0 Å². The van der Waals surface area contributed by atoms with Crippen LogP contribution < -0.4 is 25.0 Å². The number of ketones is 3. The van der Waals surface area contributed by atoms with E-state index in [0.717, 1.165) is 22.6 Å². The van der Waals surface area contributed by atoms with Crippen LogP contribution in [0.4, 0.5) is 17.1 Å². The van der Waals surface area contributed by atoms with Gasteiger partial charge in [-0.1, -0.05) is 72.8 Å². The topological polar surface area (TPSA) is 283 Å². The first-order valence-electron chi connectivity index (χ1n) is 23.2.